The molecular formula is C19H15N3O3S. The Hall–Kier alpha value is -3.06. The predicted octanol–water partition coefficient (Wildman–Crippen LogP) is 4.01. The van der Waals surface area contributed by atoms with Gasteiger partial charge in [0.05, 0.1) is 19.7 Å². The second-order valence-electron chi connectivity index (χ2n) is 5.69. The number of esters is 1. The summed E-state index contributed by atoms with van der Waals surface area (Å²) in [5.74, 6) is -0.294. The van der Waals surface area contributed by atoms with Gasteiger partial charge in [0.25, 0.3) is 0 Å². The van der Waals surface area contributed by atoms with Crippen LogP contribution < -0.4 is 4.74 Å². The number of thiophene rings is 1. The SMILES string of the molecule is COC(=O)c1nc(OC)c2sc3nc(C)cc(-c4ccccc4)c3c2n1. The Bertz CT molecular complexity index is 1140. The number of ether oxygens (including phenoxy) is 2. The highest BCUT2D eigenvalue weighted by atomic mass is 32.1. The lowest BCUT2D eigenvalue weighted by atomic mass is 10.0. The molecule has 4 aromatic rings. The molecule has 0 saturated heterocycles. The van der Waals surface area contributed by atoms with Crippen LogP contribution in [-0.2, 0) is 4.74 Å². The molecule has 0 fully saturated rings. The minimum absolute atomic E-state index is 0.0314. The van der Waals surface area contributed by atoms with Crippen molar-refractivity contribution in [1.82, 2.24) is 15.0 Å². The lowest BCUT2D eigenvalue weighted by Gasteiger charge is -2.06. The van der Waals surface area contributed by atoms with Gasteiger partial charge in [-0.05, 0) is 24.1 Å². The van der Waals surface area contributed by atoms with Gasteiger partial charge in [0.15, 0.2) is 0 Å². The van der Waals surface area contributed by atoms with E-state index in [1.54, 1.807) is 0 Å². The number of fused-ring (bicyclic) bond motifs is 3. The minimum atomic E-state index is -0.606. The van der Waals surface area contributed by atoms with Gasteiger partial charge in [0, 0.05) is 11.1 Å². The van der Waals surface area contributed by atoms with Crippen molar-refractivity contribution < 1.29 is 14.3 Å². The number of pyridine rings is 1. The number of benzene rings is 1. The number of hydrogen-bond acceptors (Lipinski definition) is 7. The highest BCUT2D eigenvalue weighted by molar-refractivity contribution is 7.25. The van der Waals surface area contributed by atoms with Crippen LogP contribution in [0.2, 0.25) is 0 Å². The first kappa shape index (κ1) is 16.4. The van der Waals surface area contributed by atoms with Crippen molar-refractivity contribution in [1.29, 1.82) is 0 Å². The molecule has 0 unspecified atom stereocenters. The van der Waals surface area contributed by atoms with Crippen LogP contribution in [0.25, 0.3) is 31.6 Å². The summed E-state index contributed by atoms with van der Waals surface area (Å²) < 4.78 is 10.9. The zero-order chi connectivity index (χ0) is 18.3. The first-order valence-corrected chi connectivity index (χ1v) is 8.73. The first-order valence-electron chi connectivity index (χ1n) is 7.92. The van der Waals surface area contributed by atoms with E-state index < -0.39 is 5.97 Å². The molecule has 0 aliphatic heterocycles. The number of aryl methyl sites for hydroxylation is 1. The fourth-order valence-corrected chi connectivity index (χ4v) is 4.05. The molecule has 130 valence electrons. The Kier molecular flexibility index (Phi) is 4.00. The minimum Gasteiger partial charge on any atom is -0.480 e. The van der Waals surface area contributed by atoms with Crippen molar-refractivity contribution in [2.75, 3.05) is 14.2 Å². The largest absolute Gasteiger partial charge is 0.480 e. The van der Waals surface area contributed by atoms with Crippen LogP contribution >= 0.6 is 11.3 Å². The maximum Gasteiger partial charge on any atom is 0.376 e. The monoisotopic (exact) mass is 365 g/mol. The molecular weight excluding hydrogens is 350 g/mol. The molecule has 3 aromatic heterocycles. The standard InChI is InChI=1S/C19H15N3O3S/c1-10-9-12(11-7-5-4-6-8-11)13-14-15(26-18(13)20-10)17(24-2)22-16(21-14)19(23)25-3/h4-9H,1-3H3. The molecule has 0 amide bonds. The van der Waals surface area contributed by atoms with Crippen LogP contribution in [0.3, 0.4) is 0 Å². The number of rotatable bonds is 3. The second-order valence-corrected chi connectivity index (χ2v) is 6.68. The average Bonchev–Trinajstić information content (AvgIpc) is 3.04. The Morgan fingerprint density at radius 1 is 1.08 bits per heavy atom. The summed E-state index contributed by atoms with van der Waals surface area (Å²) in [5, 5.41) is 0.882. The highest BCUT2D eigenvalue weighted by Crippen LogP contribution is 2.41. The predicted molar refractivity (Wildman–Crippen MR) is 101 cm³/mol. The summed E-state index contributed by atoms with van der Waals surface area (Å²) in [6.45, 7) is 1.96. The summed E-state index contributed by atoms with van der Waals surface area (Å²) in [6, 6.07) is 12.0. The first-order chi connectivity index (χ1) is 12.6. The van der Waals surface area contributed by atoms with E-state index in [0.717, 1.165) is 31.7 Å². The second kappa shape index (κ2) is 6.34. The van der Waals surface area contributed by atoms with Gasteiger partial charge in [-0.3, -0.25) is 0 Å². The van der Waals surface area contributed by atoms with E-state index in [4.69, 9.17) is 9.47 Å². The molecule has 0 N–H and O–H groups in total. The number of methoxy groups -OCH3 is 2. The number of hydrogen-bond donors (Lipinski definition) is 0. The van der Waals surface area contributed by atoms with E-state index in [-0.39, 0.29) is 5.82 Å². The van der Waals surface area contributed by atoms with Crippen molar-refractivity contribution in [3.8, 4) is 17.0 Å². The number of aromatic nitrogens is 3. The third kappa shape index (κ3) is 2.57. The van der Waals surface area contributed by atoms with Gasteiger partial charge in [-0.2, -0.15) is 4.98 Å². The fourth-order valence-electron chi connectivity index (χ4n) is 2.90. The smallest absolute Gasteiger partial charge is 0.376 e. The van der Waals surface area contributed by atoms with Crippen LogP contribution in [0.5, 0.6) is 5.88 Å². The van der Waals surface area contributed by atoms with Gasteiger partial charge in [-0.15, -0.1) is 11.3 Å². The van der Waals surface area contributed by atoms with E-state index in [1.165, 1.54) is 25.6 Å². The third-order valence-electron chi connectivity index (χ3n) is 4.03. The van der Waals surface area contributed by atoms with Crippen molar-refractivity contribution in [3.63, 3.8) is 0 Å². The van der Waals surface area contributed by atoms with Gasteiger partial charge < -0.3 is 9.47 Å². The molecule has 0 aliphatic carbocycles. The molecule has 4 rings (SSSR count). The summed E-state index contributed by atoms with van der Waals surface area (Å²) in [7, 11) is 2.82. The molecule has 1 aromatic carbocycles. The normalized spacial score (nSPS) is 11.0. The molecule has 0 bridgehead atoms. The summed E-state index contributed by atoms with van der Waals surface area (Å²) in [6.07, 6.45) is 0. The van der Waals surface area contributed by atoms with Gasteiger partial charge in [-0.25, -0.2) is 14.8 Å². The number of nitrogens with zero attached hydrogens (tertiary/aromatic N) is 3. The molecule has 0 aliphatic rings. The van der Waals surface area contributed by atoms with Gasteiger partial charge in [-0.1, -0.05) is 30.3 Å². The van der Waals surface area contributed by atoms with Crippen molar-refractivity contribution in [2.45, 2.75) is 6.92 Å². The van der Waals surface area contributed by atoms with Crippen molar-refractivity contribution in [3.05, 3.63) is 47.9 Å². The lowest BCUT2D eigenvalue weighted by molar-refractivity contribution is 0.0586. The van der Waals surface area contributed by atoms with Crippen LogP contribution in [-0.4, -0.2) is 35.1 Å². The van der Waals surface area contributed by atoms with Crippen molar-refractivity contribution in [2.24, 2.45) is 0 Å². The summed E-state index contributed by atoms with van der Waals surface area (Å²) >= 11 is 1.45. The van der Waals surface area contributed by atoms with Gasteiger partial charge in [0.2, 0.25) is 11.7 Å². The van der Waals surface area contributed by atoms with E-state index in [2.05, 4.69) is 15.0 Å². The van der Waals surface area contributed by atoms with Crippen LogP contribution in [0.4, 0.5) is 0 Å². The Labute approximate surface area is 153 Å². The number of carbonyl (C=O) groups excluding carboxylic acids is 1. The molecule has 3 heterocycles. The van der Waals surface area contributed by atoms with Crippen LogP contribution in [0.15, 0.2) is 36.4 Å². The van der Waals surface area contributed by atoms with E-state index >= 15 is 0 Å². The van der Waals surface area contributed by atoms with E-state index in [1.807, 2.05) is 43.3 Å². The van der Waals surface area contributed by atoms with E-state index in [0.29, 0.717) is 11.4 Å². The van der Waals surface area contributed by atoms with Gasteiger partial charge in [0.1, 0.15) is 9.53 Å². The molecule has 26 heavy (non-hydrogen) atoms. The highest BCUT2D eigenvalue weighted by Gasteiger charge is 2.21. The van der Waals surface area contributed by atoms with E-state index in [9.17, 15) is 4.79 Å². The van der Waals surface area contributed by atoms with Gasteiger partial charge >= 0.3 is 5.97 Å². The Morgan fingerprint density at radius 2 is 1.85 bits per heavy atom. The van der Waals surface area contributed by atoms with Crippen molar-refractivity contribution >= 4 is 37.7 Å². The zero-order valence-electron chi connectivity index (χ0n) is 14.4. The topological polar surface area (TPSA) is 74.2 Å². The Morgan fingerprint density at radius 3 is 2.54 bits per heavy atom. The average molecular weight is 365 g/mol. The summed E-state index contributed by atoms with van der Waals surface area (Å²) in [4.78, 5) is 26.1. The molecule has 6 nitrogen and oxygen atoms in total. The quantitative estimate of drug-likeness (QED) is 0.511. The maximum absolute atomic E-state index is 12.0. The fraction of sp³-hybridized carbons (Fsp3) is 0.158. The maximum atomic E-state index is 12.0. The zero-order valence-corrected chi connectivity index (χ0v) is 15.3. The molecule has 0 spiro atoms. The third-order valence-corrected chi connectivity index (χ3v) is 5.09. The Balaban J connectivity index is 2.14. The molecule has 0 radical (unpaired) electrons. The molecule has 7 heteroatoms. The number of carbonyl (C=O) groups is 1. The summed E-state index contributed by atoms with van der Waals surface area (Å²) in [5.41, 5.74) is 3.61. The van der Waals surface area contributed by atoms with Crippen LogP contribution in [0, 0.1) is 6.92 Å². The molecule has 0 atom stereocenters. The lowest BCUT2D eigenvalue weighted by Crippen LogP contribution is -2.08. The van der Waals surface area contributed by atoms with Crippen LogP contribution in [0.1, 0.15) is 16.3 Å². The molecule has 0 saturated carbocycles.